The van der Waals surface area contributed by atoms with Crippen LogP contribution in [0.1, 0.15) is 24.8 Å². The number of guanidine groups is 1. The lowest BCUT2D eigenvalue weighted by atomic mass is 10.2. The molecule has 0 unspecified atom stereocenters. The van der Waals surface area contributed by atoms with Gasteiger partial charge in [0.25, 0.3) is 0 Å². The first-order chi connectivity index (χ1) is 13.3. The minimum Gasteiger partial charge on any atom is -0.381 e. The van der Waals surface area contributed by atoms with Crippen LogP contribution in [0.2, 0.25) is 0 Å². The van der Waals surface area contributed by atoms with Gasteiger partial charge in [-0.2, -0.15) is 0 Å². The fraction of sp³-hybridized carbons (Fsp3) is 0.700. The molecule has 0 amide bonds. The largest absolute Gasteiger partial charge is 0.381 e. The Balaban J connectivity index is 0.00000280. The second kappa shape index (κ2) is 12.4. The van der Waals surface area contributed by atoms with Crippen molar-refractivity contribution in [2.24, 2.45) is 10.9 Å². The highest BCUT2D eigenvalue weighted by Gasteiger charge is 2.21. The van der Waals surface area contributed by atoms with Crippen molar-refractivity contribution in [2.75, 3.05) is 64.9 Å². The van der Waals surface area contributed by atoms with E-state index in [2.05, 4.69) is 43.5 Å². The topological polar surface area (TPSA) is 65.0 Å². The van der Waals surface area contributed by atoms with Gasteiger partial charge in [-0.25, -0.2) is 4.98 Å². The van der Waals surface area contributed by atoms with Gasteiger partial charge in [0.05, 0.1) is 0 Å². The number of nitrogens with one attached hydrogen (secondary N) is 2. The van der Waals surface area contributed by atoms with Crippen molar-refractivity contribution in [1.82, 2.24) is 20.5 Å². The number of aromatic nitrogens is 1. The number of pyridine rings is 1. The zero-order chi connectivity index (χ0) is 18.9. The Morgan fingerprint density at radius 1 is 1.25 bits per heavy atom. The summed E-state index contributed by atoms with van der Waals surface area (Å²) in [5.74, 6) is 2.74. The maximum Gasteiger partial charge on any atom is 0.191 e. The Morgan fingerprint density at radius 3 is 2.75 bits per heavy atom. The summed E-state index contributed by atoms with van der Waals surface area (Å²) >= 11 is 0. The van der Waals surface area contributed by atoms with Crippen molar-refractivity contribution < 1.29 is 4.74 Å². The quantitative estimate of drug-likeness (QED) is 0.233. The Bertz CT molecular complexity index is 602. The van der Waals surface area contributed by atoms with E-state index in [0.717, 1.165) is 70.1 Å². The average molecular weight is 502 g/mol. The highest BCUT2D eigenvalue weighted by atomic mass is 127. The number of likely N-dealkylation sites (N-methyl/N-ethyl adjacent to an activating group) is 1. The first-order valence-electron chi connectivity index (χ1n) is 10.2. The van der Waals surface area contributed by atoms with Gasteiger partial charge < -0.3 is 25.2 Å². The molecule has 3 rings (SSSR count). The van der Waals surface area contributed by atoms with Crippen LogP contribution in [0, 0.1) is 5.92 Å². The predicted molar refractivity (Wildman–Crippen MR) is 126 cm³/mol. The van der Waals surface area contributed by atoms with E-state index in [-0.39, 0.29) is 24.0 Å². The molecule has 2 N–H and O–H groups in total. The minimum absolute atomic E-state index is 0. The van der Waals surface area contributed by atoms with Crippen molar-refractivity contribution in [3.05, 3.63) is 23.9 Å². The van der Waals surface area contributed by atoms with Crippen LogP contribution >= 0.6 is 24.0 Å². The average Bonchev–Trinajstić information content (AvgIpc) is 3.52. The normalized spacial score (nSPS) is 17.9. The van der Waals surface area contributed by atoms with Gasteiger partial charge in [0.2, 0.25) is 0 Å². The Kier molecular flexibility index (Phi) is 10.3. The van der Waals surface area contributed by atoms with E-state index in [0.29, 0.717) is 6.54 Å². The predicted octanol–water partition coefficient (Wildman–Crippen LogP) is 1.93. The third kappa shape index (κ3) is 7.71. The molecule has 0 spiro atoms. The lowest BCUT2D eigenvalue weighted by Gasteiger charge is -2.34. The Labute approximate surface area is 186 Å². The molecular weight excluding hydrogens is 467 g/mol. The first kappa shape index (κ1) is 23.2. The van der Waals surface area contributed by atoms with Crippen molar-refractivity contribution in [3.8, 4) is 0 Å². The fourth-order valence-corrected chi connectivity index (χ4v) is 3.19. The van der Waals surface area contributed by atoms with Crippen LogP contribution in [0.4, 0.5) is 5.82 Å². The van der Waals surface area contributed by atoms with Gasteiger partial charge in [0, 0.05) is 71.3 Å². The summed E-state index contributed by atoms with van der Waals surface area (Å²) in [5, 5.41) is 6.78. The number of anilines is 1. The van der Waals surface area contributed by atoms with Crippen LogP contribution in [-0.4, -0.2) is 75.9 Å². The van der Waals surface area contributed by atoms with Crippen molar-refractivity contribution in [3.63, 3.8) is 0 Å². The number of halogens is 1. The smallest absolute Gasteiger partial charge is 0.191 e. The number of nitrogens with zero attached hydrogens (tertiary/aromatic N) is 4. The lowest BCUT2D eigenvalue weighted by Crippen LogP contribution is -2.45. The van der Waals surface area contributed by atoms with E-state index < -0.39 is 0 Å². The van der Waals surface area contributed by atoms with Crippen LogP contribution in [0.25, 0.3) is 0 Å². The molecule has 2 fully saturated rings. The molecule has 0 radical (unpaired) electrons. The van der Waals surface area contributed by atoms with E-state index >= 15 is 0 Å². The molecule has 1 saturated heterocycles. The fourth-order valence-electron chi connectivity index (χ4n) is 3.19. The van der Waals surface area contributed by atoms with Gasteiger partial charge in [0.15, 0.2) is 5.96 Å². The van der Waals surface area contributed by atoms with E-state index in [9.17, 15) is 0 Å². The molecule has 7 nitrogen and oxygen atoms in total. The van der Waals surface area contributed by atoms with E-state index in [4.69, 9.17) is 4.74 Å². The number of rotatable bonds is 9. The summed E-state index contributed by atoms with van der Waals surface area (Å²) in [7, 11) is 3.98. The van der Waals surface area contributed by atoms with E-state index in [1.807, 2.05) is 19.3 Å². The number of ether oxygens (including phenoxy) is 1. The van der Waals surface area contributed by atoms with Crippen molar-refractivity contribution in [2.45, 2.75) is 25.8 Å². The molecule has 0 atom stereocenters. The SMILES string of the molecule is CN=C(NCCCOCC1CC1)NCc1cccnc1N1CCN(C)CC1.I. The molecule has 158 valence electrons. The zero-order valence-corrected chi connectivity index (χ0v) is 19.5. The van der Waals surface area contributed by atoms with Crippen LogP contribution in [0.5, 0.6) is 0 Å². The van der Waals surface area contributed by atoms with Crippen molar-refractivity contribution >= 4 is 35.8 Å². The molecule has 0 aromatic carbocycles. The summed E-state index contributed by atoms with van der Waals surface area (Å²) in [5.41, 5.74) is 1.21. The molecule has 2 heterocycles. The van der Waals surface area contributed by atoms with Gasteiger partial charge in [-0.3, -0.25) is 4.99 Å². The Hall–Kier alpha value is -1.13. The molecule has 1 aliphatic heterocycles. The summed E-state index contributed by atoms with van der Waals surface area (Å²) < 4.78 is 5.68. The molecule has 2 aliphatic rings. The van der Waals surface area contributed by atoms with Crippen LogP contribution in [0.15, 0.2) is 23.3 Å². The summed E-state index contributed by atoms with van der Waals surface area (Å²) in [6, 6.07) is 4.15. The molecule has 1 aliphatic carbocycles. The number of aliphatic imine (C=N–C) groups is 1. The summed E-state index contributed by atoms with van der Waals surface area (Å²) in [4.78, 5) is 13.7. The maximum absolute atomic E-state index is 5.68. The molecule has 0 bridgehead atoms. The molecule has 1 aromatic rings. The first-order valence-corrected chi connectivity index (χ1v) is 10.2. The zero-order valence-electron chi connectivity index (χ0n) is 17.2. The van der Waals surface area contributed by atoms with Crippen molar-refractivity contribution in [1.29, 1.82) is 0 Å². The number of hydrogen-bond donors (Lipinski definition) is 2. The van der Waals surface area contributed by atoms with Gasteiger partial charge in [0.1, 0.15) is 5.82 Å². The third-order valence-electron chi connectivity index (χ3n) is 5.15. The standard InChI is InChI=1S/C20H34N6O.HI/c1-21-20(23-9-4-14-27-16-17-6-7-17)24-15-18-5-3-8-22-19(18)26-12-10-25(2)11-13-26;/h3,5,8,17H,4,6-7,9-16H2,1-2H3,(H2,21,23,24);1H. The maximum atomic E-state index is 5.68. The van der Waals surface area contributed by atoms with E-state index in [1.165, 1.54) is 18.4 Å². The highest BCUT2D eigenvalue weighted by molar-refractivity contribution is 14.0. The molecule has 28 heavy (non-hydrogen) atoms. The lowest BCUT2D eigenvalue weighted by molar-refractivity contribution is 0.123. The minimum atomic E-state index is 0. The summed E-state index contributed by atoms with van der Waals surface area (Å²) in [6.07, 6.45) is 5.57. The van der Waals surface area contributed by atoms with Gasteiger partial charge in [-0.15, -0.1) is 24.0 Å². The molecule has 1 saturated carbocycles. The molecule has 1 aromatic heterocycles. The summed E-state index contributed by atoms with van der Waals surface area (Å²) in [6.45, 7) is 7.53. The second-order valence-corrected chi connectivity index (χ2v) is 7.50. The number of hydrogen-bond acceptors (Lipinski definition) is 5. The van der Waals surface area contributed by atoms with Crippen LogP contribution in [-0.2, 0) is 11.3 Å². The Morgan fingerprint density at radius 2 is 2.04 bits per heavy atom. The van der Waals surface area contributed by atoms with E-state index in [1.54, 1.807) is 0 Å². The third-order valence-corrected chi connectivity index (χ3v) is 5.15. The molecule has 8 heteroatoms. The van der Waals surface area contributed by atoms with Gasteiger partial charge in [-0.05, 0) is 38.3 Å². The van der Waals surface area contributed by atoms with Crippen LogP contribution < -0.4 is 15.5 Å². The second-order valence-electron chi connectivity index (χ2n) is 7.50. The van der Waals surface area contributed by atoms with Crippen LogP contribution in [0.3, 0.4) is 0 Å². The molecular formula is C20H35IN6O. The van der Waals surface area contributed by atoms with Gasteiger partial charge in [-0.1, -0.05) is 6.07 Å². The monoisotopic (exact) mass is 502 g/mol. The highest BCUT2D eigenvalue weighted by Crippen LogP contribution is 2.28. The number of piperazine rings is 1. The van der Waals surface area contributed by atoms with Gasteiger partial charge >= 0.3 is 0 Å².